The minimum atomic E-state index is -0.523. The Morgan fingerprint density at radius 3 is 2.65 bits per heavy atom. The van der Waals surface area contributed by atoms with Crippen LogP contribution in [0, 0.1) is 13.8 Å². The summed E-state index contributed by atoms with van der Waals surface area (Å²) in [6.45, 7) is 4.23. The summed E-state index contributed by atoms with van der Waals surface area (Å²) in [6.07, 6.45) is -0.459. The van der Waals surface area contributed by atoms with Crippen LogP contribution in [-0.4, -0.2) is 34.6 Å². The first-order valence-corrected chi connectivity index (χ1v) is 9.63. The number of carbonyl (C=O) groups excluding carboxylic acids is 2. The van der Waals surface area contributed by atoms with Crippen molar-refractivity contribution in [1.82, 2.24) is 4.90 Å². The molecule has 2 aromatic rings. The van der Waals surface area contributed by atoms with E-state index in [0.29, 0.717) is 11.6 Å². The molecule has 0 bridgehead atoms. The number of nitrogens with one attached hydrogen (secondary N) is 1. The Morgan fingerprint density at radius 2 is 1.92 bits per heavy atom. The molecule has 1 heterocycles. The van der Waals surface area contributed by atoms with E-state index in [1.807, 2.05) is 62.4 Å². The van der Waals surface area contributed by atoms with Crippen LogP contribution in [0.5, 0.6) is 0 Å². The number of carbonyl (C=O) groups is 2. The Kier molecular flexibility index (Phi) is 5.83. The molecule has 1 atom stereocenters. The Balaban J connectivity index is 1.60. The van der Waals surface area contributed by atoms with E-state index in [4.69, 9.17) is 4.74 Å². The normalized spacial score (nSPS) is 16.4. The van der Waals surface area contributed by atoms with Gasteiger partial charge in [-0.2, -0.15) is 0 Å². The summed E-state index contributed by atoms with van der Waals surface area (Å²) < 4.78 is 5.37. The van der Waals surface area contributed by atoms with E-state index in [1.165, 1.54) is 10.5 Å². The van der Waals surface area contributed by atoms with Gasteiger partial charge in [0.1, 0.15) is 12.6 Å². The Bertz CT molecular complexity index is 795. The molecular weight excluding hydrogens is 348 g/mol. The second kappa shape index (κ2) is 8.27. The molecule has 1 aliphatic rings. The molecule has 0 radical (unpaired) electrons. The van der Waals surface area contributed by atoms with E-state index in [9.17, 15) is 9.59 Å². The fraction of sp³-hybridized carbons (Fsp3) is 0.300. The number of aryl methyl sites for hydroxylation is 2. The third-order valence-corrected chi connectivity index (χ3v) is 5.41. The Hall–Kier alpha value is -2.47. The van der Waals surface area contributed by atoms with Crippen LogP contribution >= 0.6 is 11.8 Å². The lowest BCUT2D eigenvalue weighted by molar-refractivity contribution is -0.119. The molecule has 3 rings (SSSR count). The lowest BCUT2D eigenvalue weighted by Gasteiger charge is -2.22. The topological polar surface area (TPSA) is 58.6 Å². The van der Waals surface area contributed by atoms with Crippen LogP contribution in [-0.2, 0) is 16.1 Å². The highest BCUT2D eigenvalue weighted by atomic mass is 32.2. The molecule has 5 nitrogen and oxygen atoms in total. The molecule has 1 fully saturated rings. The van der Waals surface area contributed by atoms with Crippen LogP contribution in [0.1, 0.15) is 16.7 Å². The van der Waals surface area contributed by atoms with Crippen LogP contribution in [0.3, 0.4) is 0 Å². The standard InChI is InChI=1S/C20H22N2O3S/c1-14-8-9-17(10-15(14)2)21-19(23)18-12-26-13-22(18)20(24)25-11-16-6-4-3-5-7-16/h3-10,18H,11-13H2,1-2H3,(H,21,23)/t18-/m0/s1. The predicted octanol–water partition coefficient (Wildman–Crippen LogP) is 3.95. The molecular formula is C20H22N2O3S. The Morgan fingerprint density at radius 1 is 1.15 bits per heavy atom. The zero-order valence-electron chi connectivity index (χ0n) is 14.9. The lowest BCUT2D eigenvalue weighted by Crippen LogP contribution is -2.44. The maximum absolute atomic E-state index is 12.6. The maximum atomic E-state index is 12.6. The van der Waals surface area contributed by atoms with Crippen LogP contribution in [0.2, 0.25) is 0 Å². The summed E-state index contributed by atoms with van der Waals surface area (Å²) in [7, 11) is 0. The molecule has 0 saturated carbocycles. The van der Waals surface area contributed by atoms with Gasteiger partial charge in [-0.15, -0.1) is 11.8 Å². The van der Waals surface area contributed by atoms with Crippen molar-refractivity contribution in [2.24, 2.45) is 0 Å². The van der Waals surface area contributed by atoms with E-state index in [1.54, 1.807) is 11.8 Å². The summed E-state index contributed by atoms with van der Waals surface area (Å²) in [5.74, 6) is 0.838. The monoisotopic (exact) mass is 370 g/mol. The lowest BCUT2D eigenvalue weighted by atomic mass is 10.1. The van der Waals surface area contributed by atoms with Gasteiger partial charge in [0.05, 0.1) is 5.88 Å². The molecule has 0 spiro atoms. The molecule has 136 valence electrons. The number of anilines is 1. The highest BCUT2D eigenvalue weighted by Gasteiger charge is 2.35. The minimum Gasteiger partial charge on any atom is -0.445 e. The fourth-order valence-corrected chi connectivity index (χ4v) is 3.83. The fourth-order valence-electron chi connectivity index (χ4n) is 2.69. The summed E-state index contributed by atoms with van der Waals surface area (Å²) >= 11 is 1.55. The molecule has 1 N–H and O–H groups in total. The summed E-state index contributed by atoms with van der Waals surface area (Å²) in [4.78, 5) is 26.5. The van der Waals surface area contributed by atoms with Gasteiger partial charge in [-0.1, -0.05) is 36.4 Å². The second-order valence-corrected chi connectivity index (χ2v) is 7.31. The summed E-state index contributed by atoms with van der Waals surface area (Å²) in [6, 6.07) is 14.8. The summed E-state index contributed by atoms with van der Waals surface area (Å²) in [5.41, 5.74) is 3.95. The predicted molar refractivity (Wildman–Crippen MR) is 104 cm³/mol. The van der Waals surface area contributed by atoms with Crippen molar-refractivity contribution in [3.8, 4) is 0 Å². The van der Waals surface area contributed by atoms with Gasteiger partial charge >= 0.3 is 6.09 Å². The SMILES string of the molecule is Cc1ccc(NC(=O)[C@@H]2CSCN2C(=O)OCc2ccccc2)cc1C. The minimum absolute atomic E-state index is 0.185. The van der Waals surface area contributed by atoms with Gasteiger partial charge in [-0.25, -0.2) is 4.79 Å². The van der Waals surface area contributed by atoms with Gasteiger partial charge in [-0.05, 0) is 42.7 Å². The molecule has 2 amide bonds. The van der Waals surface area contributed by atoms with Crippen molar-refractivity contribution < 1.29 is 14.3 Å². The van der Waals surface area contributed by atoms with Crippen LogP contribution < -0.4 is 5.32 Å². The molecule has 0 aromatic heterocycles. The third kappa shape index (κ3) is 4.38. The van der Waals surface area contributed by atoms with Gasteiger partial charge < -0.3 is 10.1 Å². The van der Waals surface area contributed by atoms with E-state index in [0.717, 1.165) is 16.8 Å². The number of rotatable bonds is 4. The van der Waals surface area contributed by atoms with E-state index in [-0.39, 0.29) is 12.5 Å². The number of ether oxygens (including phenoxy) is 1. The van der Waals surface area contributed by atoms with Gasteiger partial charge in [-0.3, -0.25) is 9.69 Å². The highest BCUT2D eigenvalue weighted by molar-refractivity contribution is 7.99. The van der Waals surface area contributed by atoms with Crippen molar-refractivity contribution in [3.05, 3.63) is 65.2 Å². The summed E-state index contributed by atoms with van der Waals surface area (Å²) in [5, 5.41) is 2.91. The molecule has 0 aliphatic carbocycles. The van der Waals surface area contributed by atoms with Crippen molar-refractivity contribution in [2.45, 2.75) is 26.5 Å². The maximum Gasteiger partial charge on any atom is 0.411 e. The first-order chi connectivity index (χ1) is 12.5. The number of thioether (sulfide) groups is 1. The van der Waals surface area contributed by atoms with Gasteiger partial charge in [0, 0.05) is 11.4 Å². The molecule has 1 aliphatic heterocycles. The molecule has 1 saturated heterocycles. The number of hydrogen-bond acceptors (Lipinski definition) is 4. The average molecular weight is 370 g/mol. The van der Waals surface area contributed by atoms with E-state index < -0.39 is 12.1 Å². The van der Waals surface area contributed by atoms with Crippen LogP contribution in [0.4, 0.5) is 10.5 Å². The van der Waals surface area contributed by atoms with Crippen LogP contribution in [0.25, 0.3) is 0 Å². The third-order valence-electron chi connectivity index (χ3n) is 4.40. The zero-order valence-corrected chi connectivity index (χ0v) is 15.7. The second-order valence-electron chi connectivity index (χ2n) is 6.31. The average Bonchev–Trinajstić information content (AvgIpc) is 3.14. The Labute approximate surface area is 157 Å². The van der Waals surface area contributed by atoms with E-state index >= 15 is 0 Å². The first kappa shape index (κ1) is 18.3. The first-order valence-electron chi connectivity index (χ1n) is 8.48. The molecule has 26 heavy (non-hydrogen) atoms. The number of nitrogens with zero attached hydrogens (tertiary/aromatic N) is 1. The van der Waals surface area contributed by atoms with Crippen molar-refractivity contribution >= 4 is 29.4 Å². The van der Waals surface area contributed by atoms with Crippen molar-refractivity contribution in [2.75, 3.05) is 16.9 Å². The van der Waals surface area contributed by atoms with Crippen molar-refractivity contribution in [3.63, 3.8) is 0 Å². The van der Waals surface area contributed by atoms with Crippen LogP contribution in [0.15, 0.2) is 48.5 Å². The van der Waals surface area contributed by atoms with Gasteiger partial charge in [0.2, 0.25) is 5.91 Å². The van der Waals surface area contributed by atoms with Gasteiger partial charge in [0.25, 0.3) is 0 Å². The largest absolute Gasteiger partial charge is 0.445 e. The molecule has 2 aromatic carbocycles. The molecule has 0 unspecified atom stereocenters. The van der Waals surface area contributed by atoms with E-state index in [2.05, 4.69) is 5.32 Å². The zero-order chi connectivity index (χ0) is 18.5. The van der Waals surface area contributed by atoms with Gasteiger partial charge in [0.15, 0.2) is 0 Å². The van der Waals surface area contributed by atoms with Crippen molar-refractivity contribution in [1.29, 1.82) is 0 Å². The number of benzene rings is 2. The number of amides is 2. The smallest absolute Gasteiger partial charge is 0.411 e. The highest BCUT2D eigenvalue weighted by Crippen LogP contribution is 2.24. The molecule has 6 heteroatoms. The number of hydrogen-bond donors (Lipinski definition) is 1. The quantitative estimate of drug-likeness (QED) is 0.885.